The molecule has 0 atom stereocenters. The lowest BCUT2D eigenvalue weighted by Crippen LogP contribution is -2.17. The fourth-order valence-electron chi connectivity index (χ4n) is 1.51. The number of aromatic hydroxyl groups is 1. The fraction of sp³-hybridized carbons (Fsp3) is 0.0714. The third kappa shape index (κ3) is 3.16. The van der Waals surface area contributed by atoms with Gasteiger partial charge in [0.05, 0.1) is 6.21 Å². The second-order valence-corrected chi connectivity index (χ2v) is 3.95. The number of nitrogens with zero attached hydrogens (tertiary/aromatic N) is 2. The smallest absolute Gasteiger partial charge is 0.271 e. The Kier molecular flexibility index (Phi) is 3.87. The number of phenolic OH excluding ortho intramolecular Hbond substituents is 1. The Hall–Kier alpha value is -2.69. The number of pyridine rings is 1. The number of carbonyl (C=O) groups is 1. The first-order valence-corrected chi connectivity index (χ1v) is 5.70. The van der Waals surface area contributed by atoms with Crippen molar-refractivity contribution in [2.45, 2.75) is 6.92 Å². The average molecular weight is 255 g/mol. The number of amides is 1. The first-order chi connectivity index (χ1) is 9.18. The van der Waals surface area contributed by atoms with Crippen molar-refractivity contribution in [3.63, 3.8) is 0 Å². The van der Waals surface area contributed by atoms with E-state index in [1.807, 2.05) is 0 Å². The molecule has 0 unspecified atom stereocenters. The van der Waals surface area contributed by atoms with Crippen LogP contribution in [-0.4, -0.2) is 22.2 Å². The minimum atomic E-state index is -0.328. The van der Waals surface area contributed by atoms with E-state index in [-0.39, 0.29) is 11.7 Å². The highest BCUT2D eigenvalue weighted by Gasteiger charge is 2.03. The van der Waals surface area contributed by atoms with Gasteiger partial charge in [-0.25, -0.2) is 5.43 Å². The van der Waals surface area contributed by atoms with Crippen LogP contribution >= 0.6 is 0 Å². The number of hydrazone groups is 1. The van der Waals surface area contributed by atoms with E-state index < -0.39 is 0 Å². The number of carbonyl (C=O) groups excluding carboxylic acids is 1. The van der Waals surface area contributed by atoms with Crippen LogP contribution in [0, 0.1) is 6.92 Å². The summed E-state index contributed by atoms with van der Waals surface area (Å²) in [4.78, 5) is 15.5. The van der Waals surface area contributed by atoms with Crippen LogP contribution < -0.4 is 5.43 Å². The Bertz CT molecular complexity index is 609. The fourth-order valence-corrected chi connectivity index (χ4v) is 1.51. The molecule has 0 saturated carbocycles. The maximum atomic E-state index is 11.7. The largest absolute Gasteiger partial charge is 0.507 e. The molecule has 96 valence electrons. The third-order valence-electron chi connectivity index (χ3n) is 2.58. The third-order valence-corrected chi connectivity index (χ3v) is 2.58. The molecular formula is C14H13N3O2. The molecule has 0 spiro atoms. The van der Waals surface area contributed by atoms with Gasteiger partial charge in [-0.05, 0) is 30.7 Å². The van der Waals surface area contributed by atoms with E-state index in [0.29, 0.717) is 11.1 Å². The van der Waals surface area contributed by atoms with Crippen LogP contribution in [0.5, 0.6) is 5.75 Å². The molecule has 1 amide bonds. The summed E-state index contributed by atoms with van der Waals surface area (Å²) in [7, 11) is 0. The predicted molar refractivity (Wildman–Crippen MR) is 72.1 cm³/mol. The van der Waals surface area contributed by atoms with Gasteiger partial charge in [-0.15, -0.1) is 0 Å². The van der Waals surface area contributed by atoms with Crippen molar-refractivity contribution < 1.29 is 9.90 Å². The first-order valence-electron chi connectivity index (χ1n) is 5.70. The summed E-state index contributed by atoms with van der Waals surface area (Å²) < 4.78 is 0. The monoisotopic (exact) mass is 255 g/mol. The van der Waals surface area contributed by atoms with Crippen LogP contribution in [0.1, 0.15) is 21.5 Å². The molecular weight excluding hydrogens is 242 g/mol. The average Bonchev–Trinajstić information content (AvgIpc) is 2.44. The molecule has 5 heteroatoms. The van der Waals surface area contributed by atoms with Crippen LogP contribution in [0.25, 0.3) is 0 Å². The molecule has 1 heterocycles. The van der Waals surface area contributed by atoms with Crippen LogP contribution in [-0.2, 0) is 0 Å². The van der Waals surface area contributed by atoms with Crippen LogP contribution in [0.15, 0.2) is 47.8 Å². The Balaban J connectivity index is 2.05. The minimum Gasteiger partial charge on any atom is -0.507 e. The van der Waals surface area contributed by atoms with Gasteiger partial charge >= 0.3 is 0 Å². The molecule has 0 bridgehead atoms. The van der Waals surface area contributed by atoms with E-state index in [1.54, 1.807) is 37.3 Å². The Morgan fingerprint density at radius 2 is 2.05 bits per heavy atom. The second kappa shape index (κ2) is 5.77. The van der Waals surface area contributed by atoms with Gasteiger partial charge in [0.2, 0.25) is 0 Å². The van der Waals surface area contributed by atoms with Gasteiger partial charge in [0.15, 0.2) is 0 Å². The summed E-state index contributed by atoms with van der Waals surface area (Å²) in [5.74, 6) is -0.171. The standard InChI is InChI=1S/C14H13N3O2/c1-10-3-2-4-12(13(10)18)9-16-17-14(19)11-5-7-15-8-6-11/h2-9,18H,1H3,(H,17,19)/b16-9-. The molecule has 0 aliphatic heterocycles. The molecule has 1 aromatic heterocycles. The SMILES string of the molecule is Cc1cccc(/C=N\NC(=O)c2ccncc2)c1O. The zero-order valence-electron chi connectivity index (χ0n) is 10.4. The van der Waals surface area contributed by atoms with Gasteiger partial charge in [0, 0.05) is 23.5 Å². The molecule has 0 saturated heterocycles. The lowest BCUT2D eigenvalue weighted by molar-refractivity contribution is 0.0955. The topological polar surface area (TPSA) is 74.6 Å². The minimum absolute atomic E-state index is 0.157. The zero-order chi connectivity index (χ0) is 13.7. The van der Waals surface area contributed by atoms with Crippen LogP contribution in [0.2, 0.25) is 0 Å². The summed E-state index contributed by atoms with van der Waals surface area (Å²) in [6, 6.07) is 8.50. The number of aromatic nitrogens is 1. The summed E-state index contributed by atoms with van der Waals surface area (Å²) in [5.41, 5.74) is 4.16. The molecule has 0 aliphatic carbocycles. The van der Waals surface area contributed by atoms with Crippen molar-refractivity contribution in [3.8, 4) is 5.75 Å². The first kappa shape index (κ1) is 12.8. The molecule has 1 aromatic carbocycles. The van der Waals surface area contributed by atoms with Crippen LogP contribution in [0.3, 0.4) is 0 Å². The number of benzene rings is 1. The number of rotatable bonds is 3. The number of para-hydroxylation sites is 1. The molecule has 2 N–H and O–H groups in total. The lowest BCUT2D eigenvalue weighted by atomic mass is 10.1. The highest BCUT2D eigenvalue weighted by atomic mass is 16.3. The molecule has 0 aliphatic rings. The molecule has 0 fully saturated rings. The quantitative estimate of drug-likeness (QED) is 0.649. The van der Waals surface area contributed by atoms with Gasteiger partial charge in [0.25, 0.3) is 5.91 Å². The number of hydrogen-bond donors (Lipinski definition) is 2. The van der Waals surface area contributed by atoms with E-state index in [4.69, 9.17) is 0 Å². The highest BCUT2D eigenvalue weighted by molar-refractivity contribution is 5.94. The van der Waals surface area contributed by atoms with E-state index in [9.17, 15) is 9.90 Å². The molecule has 2 aromatic rings. The second-order valence-electron chi connectivity index (χ2n) is 3.95. The predicted octanol–water partition coefficient (Wildman–Crippen LogP) is 1.86. The van der Waals surface area contributed by atoms with Crippen molar-refractivity contribution in [1.82, 2.24) is 10.4 Å². The van der Waals surface area contributed by atoms with Crippen molar-refractivity contribution in [1.29, 1.82) is 0 Å². The Labute approximate surface area is 110 Å². The van der Waals surface area contributed by atoms with E-state index >= 15 is 0 Å². The number of nitrogens with one attached hydrogen (secondary N) is 1. The van der Waals surface area contributed by atoms with Crippen molar-refractivity contribution in [2.75, 3.05) is 0 Å². The van der Waals surface area contributed by atoms with Gasteiger partial charge < -0.3 is 5.11 Å². The van der Waals surface area contributed by atoms with Crippen molar-refractivity contribution >= 4 is 12.1 Å². The Morgan fingerprint density at radius 1 is 1.32 bits per heavy atom. The summed E-state index contributed by atoms with van der Waals surface area (Å²) in [6.45, 7) is 1.79. The number of hydrogen-bond acceptors (Lipinski definition) is 4. The van der Waals surface area contributed by atoms with Gasteiger partial charge in [-0.1, -0.05) is 12.1 Å². The zero-order valence-corrected chi connectivity index (χ0v) is 10.4. The van der Waals surface area contributed by atoms with E-state index in [0.717, 1.165) is 5.56 Å². The van der Waals surface area contributed by atoms with Gasteiger partial charge in [-0.3, -0.25) is 9.78 Å². The number of aryl methyl sites for hydroxylation is 1. The molecule has 2 rings (SSSR count). The highest BCUT2D eigenvalue weighted by Crippen LogP contribution is 2.19. The summed E-state index contributed by atoms with van der Waals surface area (Å²) in [6.07, 6.45) is 4.47. The number of phenols is 1. The van der Waals surface area contributed by atoms with E-state index in [1.165, 1.54) is 18.6 Å². The van der Waals surface area contributed by atoms with Crippen LogP contribution in [0.4, 0.5) is 0 Å². The summed E-state index contributed by atoms with van der Waals surface area (Å²) in [5, 5.41) is 13.6. The van der Waals surface area contributed by atoms with Gasteiger partial charge in [-0.2, -0.15) is 5.10 Å². The van der Waals surface area contributed by atoms with Crippen molar-refractivity contribution in [2.24, 2.45) is 5.10 Å². The van der Waals surface area contributed by atoms with E-state index in [2.05, 4.69) is 15.5 Å². The van der Waals surface area contributed by atoms with Gasteiger partial charge in [0.1, 0.15) is 5.75 Å². The van der Waals surface area contributed by atoms with Crippen molar-refractivity contribution in [3.05, 3.63) is 59.4 Å². The molecule has 5 nitrogen and oxygen atoms in total. The molecule has 0 radical (unpaired) electrons. The summed E-state index contributed by atoms with van der Waals surface area (Å²) >= 11 is 0. The molecule has 19 heavy (non-hydrogen) atoms. The Morgan fingerprint density at radius 3 is 2.79 bits per heavy atom. The normalized spacial score (nSPS) is 10.6. The maximum Gasteiger partial charge on any atom is 0.271 e. The maximum absolute atomic E-state index is 11.7. The lowest BCUT2D eigenvalue weighted by Gasteiger charge is -2.02.